The van der Waals surface area contributed by atoms with Crippen molar-refractivity contribution in [3.63, 3.8) is 0 Å². The van der Waals surface area contributed by atoms with Gasteiger partial charge < -0.3 is 10.4 Å². The fourth-order valence-electron chi connectivity index (χ4n) is 3.54. The lowest BCUT2D eigenvalue weighted by Gasteiger charge is -2.20. The summed E-state index contributed by atoms with van der Waals surface area (Å²) in [6.45, 7) is 15.2. The zero-order valence-corrected chi connectivity index (χ0v) is 19.6. The molecule has 0 amide bonds. The highest BCUT2D eigenvalue weighted by Crippen LogP contribution is 2.30. The van der Waals surface area contributed by atoms with Gasteiger partial charge in [-0.15, -0.1) is 11.3 Å². The van der Waals surface area contributed by atoms with Crippen LogP contribution in [0.4, 0.5) is 5.82 Å². The number of aliphatic hydroxyl groups is 1. The number of anilines is 1. The minimum atomic E-state index is -0.897. The molecule has 3 heterocycles. The highest BCUT2D eigenvalue weighted by Gasteiger charge is 2.20. The van der Waals surface area contributed by atoms with Crippen LogP contribution in [0.25, 0.3) is 16.7 Å². The molecule has 5 nitrogen and oxygen atoms in total. The van der Waals surface area contributed by atoms with Crippen LogP contribution in [0.2, 0.25) is 0 Å². The first-order chi connectivity index (χ1) is 15.9. The summed E-state index contributed by atoms with van der Waals surface area (Å²) in [7, 11) is 0. The molecule has 0 aliphatic heterocycles. The number of thiophene rings is 1. The van der Waals surface area contributed by atoms with Crippen molar-refractivity contribution >= 4 is 33.9 Å². The summed E-state index contributed by atoms with van der Waals surface area (Å²) in [5.41, 5.74) is 2.88. The third-order valence-corrected chi connectivity index (χ3v) is 5.88. The second-order valence-corrected chi connectivity index (χ2v) is 8.20. The zero-order chi connectivity index (χ0) is 24.0. The van der Waals surface area contributed by atoms with E-state index in [1.807, 2.05) is 54.2 Å². The van der Waals surface area contributed by atoms with Gasteiger partial charge in [-0.25, -0.2) is 4.98 Å². The summed E-state index contributed by atoms with van der Waals surface area (Å²) in [5, 5.41) is 16.6. The van der Waals surface area contributed by atoms with Crippen LogP contribution >= 0.6 is 11.3 Å². The number of nitrogens with one attached hydrogen (secondary N) is 1. The molecule has 0 spiro atoms. The van der Waals surface area contributed by atoms with Crippen molar-refractivity contribution in [2.45, 2.75) is 20.0 Å². The van der Waals surface area contributed by atoms with Gasteiger partial charge in [-0.1, -0.05) is 44.0 Å². The molecule has 6 heteroatoms. The van der Waals surface area contributed by atoms with Gasteiger partial charge in [0.15, 0.2) is 11.1 Å². The average Bonchev–Trinajstić information content (AvgIpc) is 3.33. The van der Waals surface area contributed by atoms with E-state index in [9.17, 15) is 9.90 Å². The number of hydrogen-bond acceptors (Lipinski definition) is 5. The Morgan fingerprint density at radius 3 is 2.61 bits per heavy atom. The van der Waals surface area contributed by atoms with E-state index < -0.39 is 6.10 Å². The van der Waals surface area contributed by atoms with Crippen LogP contribution in [0.1, 0.15) is 29.2 Å². The van der Waals surface area contributed by atoms with Gasteiger partial charge in [0.1, 0.15) is 11.9 Å². The van der Waals surface area contributed by atoms with Crippen LogP contribution in [0.15, 0.2) is 102 Å². The smallest absolute Gasteiger partial charge is 0.193 e. The summed E-state index contributed by atoms with van der Waals surface area (Å²) in [6.07, 6.45) is 11.4. The first-order valence-electron chi connectivity index (χ1n) is 10.4. The van der Waals surface area contributed by atoms with Crippen molar-refractivity contribution in [1.82, 2.24) is 9.55 Å². The number of allylic oxidation sites excluding steroid dienone is 8. The standard InChI is InChI=1S/C27H27N3O2S/c1-6-11-19(9-4)28-24-17-22(31)25-18(5)16-21(26(32)23-14-10-15-33-23)29-27(25)30(24)20(12-7-2)13-8-3/h6-17,26,28,32H,1-2,4H2,3,5H3/b13-8-,19-11+,20-12+. The fraction of sp³-hybridized carbons (Fsp3) is 0.111. The molecule has 168 valence electrons. The maximum absolute atomic E-state index is 13.2. The molecule has 0 bridgehead atoms. The molecule has 1 atom stereocenters. The van der Waals surface area contributed by atoms with Crippen molar-refractivity contribution in [2.24, 2.45) is 0 Å². The first kappa shape index (κ1) is 23.9. The number of aryl methyl sites for hydroxylation is 1. The number of hydrogen-bond donors (Lipinski definition) is 2. The Morgan fingerprint density at radius 1 is 1.24 bits per heavy atom. The summed E-state index contributed by atoms with van der Waals surface area (Å²) in [4.78, 5) is 18.7. The van der Waals surface area contributed by atoms with Gasteiger partial charge in [-0.05, 0) is 61.2 Å². The van der Waals surface area contributed by atoms with Crippen molar-refractivity contribution in [3.05, 3.63) is 124 Å². The monoisotopic (exact) mass is 457 g/mol. The van der Waals surface area contributed by atoms with Crippen molar-refractivity contribution in [3.8, 4) is 0 Å². The molecule has 0 aromatic carbocycles. The van der Waals surface area contributed by atoms with E-state index in [2.05, 4.69) is 25.1 Å². The number of aromatic nitrogens is 2. The second-order valence-electron chi connectivity index (χ2n) is 7.22. The van der Waals surface area contributed by atoms with Gasteiger partial charge in [-0.2, -0.15) is 0 Å². The number of aliphatic hydroxyl groups excluding tert-OH is 1. The minimum Gasteiger partial charge on any atom is -0.381 e. The highest BCUT2D eigenvalue weighted by molar-refractivity contribution is 7.10. The summed E-state index contributed by atoms with van der Waals surface area (Å²) >= 11 is 1.45. The molecule has 1 unspecified atom stereocenters. The Bertz CT molecular complexity index is 1340. The summed E-state index contributed by atoms with van der Waals surface area (Å²) in [5.74, 6) is 0.501. The molecule has 0 saturated carbocycles. The fourth-order valence-corrected chi connectivity index (χ4v) is 4.26. The molecular formula is C27H27N3O2S. The van der Waals surface area contributed by atoms with E-state index in [0.29, 0.717) is 28.2 Å². The van der Waals surface area contributed by atoms with Crippen molar-refractivity contribution in [2.75, 3.05) is 5.32 Å². The van der Waals surface area contributed by atoms with Crippen LogP contribution in [-0.4, -0.2) is 14.7 Å². The van der Waals surface area contributed by atoms with Crippen LogP contribution in [0.5, 0.6) is 0 Å². The zero-order valence-electron chi connectivity index (χ0n) is 18.8. The van der Waals surface area contributed by atoms with E-state index in [0.717, 1.165) is 16.1 Å². The molecule has 0 fully saturated rings. The summed E-state index contributed by atoms with van der Waals surface area (Å²) in [6, 6.07) is 7.05. The maximum atomic E-state index is 13.2. The average molecular weight is 458 g/mol. The van der Waals surface area contributed by atoms with Crippen LogP contribution in [0.3, 0.4) is 0 Å². The molecule has 33 heavy (non-hydrogen) atoms. The Balaban J connectivity index is 2.42. The largest absolute Gasteiger partial charge is 0.381 e. The molecule has 0 saturated heterocycles. The first-order valence-corrected chi connectivity index (χ1v) is 11.3. The minimum absolute atomic E-state index is 0.175. The van der Waals surface area contributed by atoms with E-state index in [1.165, 1.54) is 17.4 Å². The SMILES string of the molecule is C=C/C=C(\C=C)Nc1cc(=O)c2c(C)cc(C(O)c3cccs3)nc2n1C(/C=C\C)=C/C=C. The molecule has 0 aliphatic rings. The molecule has 3 aromatic rings. The van der Waals surface area contributed by atoms with Crippen molar-refractivity contribution < 1.29 is 5.11 Å². The predicted octanol–water partition coefficient (Wildman–Crippen LogP) is 6.12. The lowest BCUT2D eigenvalue weighted by atomic mass is 10.1. The highest BCUT2D eigenvalue weighted by atomic mass is 32.1. The third kappa shape index (κ3) is 5.03. The van der Waals surface area contributed by atoms with Gasteiger partial charge in [0.2, 0.25) is 0 Å². The Labute approximate surface area is 197 Å². The van der Waals surface area contributed by atoms with E-state index in [4.69, 9.17) is 4.98 Å². The Hall–Kier alpha value is -3.74. The van der Waals surface area contributed by atoms with Crippen LogP contribution in [-0.2, 0) is 0 Å². The number of rotatable bonds is 9. The number of nitrogens with zero attached hydrogens (tertiary/aromatic N) is 2. The van der Waals surface area contributed by atoms with Gasteiger partial charge in [0.05, 0.1) is 11.1 Å². The molecule has 3 aromatic heterocycles. The Morgan fingerprint density at radius 2 is 2.00 bits per heavy atom. The topological polar surface area (TPSA) is 67.2 Å². The maximum Gasteiger partial charge on any atom is 0.193 e. The lowest BCUT2D eigenvalue weighted by molar-refractivity contribution is 0.219. The second kappa shape index (κ2) is 10.7. The normalized spacial score (nSPS) is 13.3. The third-order valence-electron chi connectivity index (χ3n) is 4.95. The quantitative estimate of drug-likeness (QED) is 0.380. The molecule has 0 aliphatic carbocycles. The van der Waals surface area contributed by atoms with Crippen molar-refractivity contribution in [1.29, 1.82) is 0 Å². The molecule has 0 radical (unpaired) electrons. The Kier molecular flexibility index (Phi) is 7.77. The van der Waals surface area contributed by atoms with E-state index in [1.54, 1.807) is 30.4 Å². The van der Waals surface area contributed by atoms with Gasteiger partial charge in [0.25, 0.3) is 0 Å². The predicted molar refractivity (Wildman–Crippen MR) is 141 cm³/mol. The number of pyridine rings is 2. The number of fused-ring (bicyclic) bond motifs is 1. The molecule has 2 N–H and O–H groups in total. The lowest BCUT2D eigenvalue weighted by Crippen LogP contribution is -2.17. The van der Waals surface area contributed by atoms with E-state index >= 15 is 0 Å². The van der Waals surface area contributed by atoms with Gasteiger partial charge in [0, 0.05) is 22.3 Å². The molecule has 3 rings (SSSR count). The molecular weight excluding hydrogens is 430 g/mol. The summed E-state index contributed by atoms with van der Waals surface area (Å²) < 4.78 is 1.84. The van der Waals surface area contributed by atoms with Gasteiger partial charge in [-0.3, -0.25) is 9.36 Å². The van der Waals surface area contributed by atoms with Crippen LogP contribution < -0.4 is 10.7 Å². The van der Waals surface area contributed by atoms with Gasteiger partial charge >= 0.3 is 0 Å². The van der Waals surface area contributed by atoms with Crippen LogP contribution in [0, 0.1) is 6.92 Å². The van der Waals surface area contributed by atoms with E-state index in [-0.39, 0.29) is 5.43 Å².